The molecule has 27 heavy (non-hydrogen) atoms. The van der Waals surface area contributed by atoms with Gasteiger partial charge in [0.1, 0.15) is 11.2 Å². The van der Waals surface area contributed by atoms with Crippen LogP contribution in [0.25, 0.3) is 11.2 Å². The standard InChI is InChI=1S/C20H19N5O2/c1-12(13-4-6-15(7-5-13)24-19(26)14-2-3-14)23-20(27)17-9-8-16-18(25-17)22-11-10-21-16/h4-12,14H,2-3H2,1H3,(H,23,27)(H,24,26). The van der Waals surface area contributed by atoms with Gasteiger partial charge in [-0.3, -0.25) is 14.6 Å². The number of hydrogen-bond acceptors (Lipinski definition) is 5. The average Bonchev–Trinajstić information content (AvgIpc) is 3.53. The number of anilines is 1. The first-order chi connectivity index (χ1) is 13.1. The molecule has 136 valence electrons. The molecule has 0 aliphatic heterocycles. The summed E-state index contributed by atoms with van der Waals surface area (Å²) < 4.78 is 0. The van der Waals surface area contributed by atoms with Crippen molar-refractivity contribution in [3.05, 3.63) is 60.0 Å². The number of benzene rings is 1. The minimum atomic E-state index is -0.277. The smallest absolute Gasteiger partial charge is 0.270 e. The second-order valence-electron chi connectivity index (χ2n) is 6.68. The van der Waals surface area contributed by atoms with Crippen molar-refractivity contribution in [1.82, 2.24) is 20.3 Å². The molecule has 0 radical (unpaired) electrons. The summed E-state index contributed by atoms with van der Waals surface area (Å²) in [5.41, 5.74) is 3.08. The molecule has 1 unspecified atom stereocenters. The predicted octanol–water partition coefficient (Wildman–Crippen LogP) is 2.86. The lowest BCUT2D eigenvalue weighted by molar-refractivity contribution is -0.117. The Morgan fingerprint density at radius 2 is 1.78 bits per heavy atom. The molecule has 1 aliphatic rings. The molecule has 2 amide bonds. The van der Waals surface area contributed by atoms with Gasteiger partial charge in [-0.2, -0.15) is 0 Å². The van der Waals surface area contributed by atoms with E-state index in [-0.39, 0.29) is 23.8 Å². The Morgan fingerprint density at radius 3 is 2.52 bits per heavy atom. The number of hydrogen-bond donors (Lipinski definition) is 2. The van der Waals surface area contributed by atoms with E-state index in [1.54, 1.807) is 24.5 Å². The summed E-state index contributed by atoms with van der Waals surface area (Å²) in [5.74, 6) is -0.0298. The Morgan fingerprint density at radius 1 is 1.04 bits per heavy atom. The van der Waals surface area contributed by atoms with Crippen LogP contribution in [-0.4, -0.2) is 26.8 Å². The number of carbonyl (C=O) groups excluding carboxylic acids is 2. The Labute approximate surface area is 156 Å². The summed E-state index contributed by atoms with van der Waals surface area (Å²) in [6.45, 7) is 1.90. The second-order valence-corrected chi connectivity index (χ2v) is 6.68. The molecule has 3 aromatic rings. The number of amides is 2. The lowest BCUT2D eigenvalue weighted by atomic mass is 10.1. The third kappa shape index (κ3) is 3.92. The first kappa shape index (κ1) is 17.1. The Balaban J connectivity index is 1.41. The van der Waals surface area contributed by atoms with Gasteiger partial charge in [0.2, 0.25) is 5.91 Å². The first-order valence-electron chi connectivity index (χ1n) is 8.89. The minimum Gasteiger partial charge on any atom is -0.344 e. The number of carbonyl (C=O) groups is 2. The van der Waals surface area contributed by atoms with E-state index in [1.807, 2.05) is 31.2 Å². The van der Waals surface area contributed by atoms with Crippen LogP contribution in [0.1, 0.15) is 41.9 Å². The van der Waals surface area contributed by atoms with E-state index in [4.69, 9.17) is 0 Å². The van der Waals surface area contributed by atoms with Crippen LogP contribution in [-0.2, 0) is 4.79 Å². The van der Waals surface area contributed by atoms with Crippen LogP contribution >= 0.6 is 0 Å². The highest BCUT2D eigenvalue weighted by molar-refractivity contribution is 5.95. The third-order valence-electron chi connectivity index (χ3n) is 4.54. The fourth-order valence-corrected chi connectivity index (χ4v) is 2.78. The van der Waals surface area contributed by atoms with Gasteiger partial charge in [-0.05, 0) is 49.6 Å². The molecule has 2 heterocycles. The summed E-state index contributed by atoms with van der Waals surface area (Å²) in [5, 5.41) is 5.83. The molecule has 4 rings (SSSR count). The average molecular weight is 361 g/mol. The molecular weight excluding hydrogens is 342 g/mol. The van der Waals surface area contributed by atoms with Gasteiger partial charge in [0.25, 0.3) is 5.91 Å². The van der Waals surface area contributed by atoms with Gasteiger partial charge in [-0.15, -0.1) is 0 Å². The van der Waals surface area contributed by atoms with Gasteiger partial charge in [0, 0.05) is 24.0 Å². The van der Waals surface area contributed by atoms with Crippen molar-refractivity contribution in [3.63, 3.8) is 0 Å². The Hall–Kier alpha value is -3.35. The largest absolute Gasteiger partial charge is 0.344 e. The van der Waals surface area contributed by atoms with Gasteiger partial charge < -0.3 is 10.6 Å². The molecular formula is C20H19N5O2. The molecule has 1 aliphatic carbocycles. The maximum Gasteiger partial charge on any atom is 0.270 e. The van der Waals surface area contributed by atoms with E-state index >= 15 is 0 Å². The fraction of sp³-hybridized carbons (Fsp3) is 0.250. The molecule has 7 nitrogen and oxygen atoms in total. The van der Waals surface area contributed by atoms with E-state index in [9.17, 15) is 9.59 Å². The SMILES string of the molecule is CC(NC(=O)c1ccc2nccnc2n1)c1ccc(NC(=O)C2CC2)cc1. The highest BCUT2D eigenvalue weighted by atomic mass is 16.2. The molecule has 1 saturated carbocycles. The number of nitrogens with one attached hydrogen (secondary N) is 2. The molecule has 0 spiro atoms. The first-order valence-corrected chi connectivity index (χ1v) is 8.89. The van der Waals surface area contributed by atoms with Crippen molar-refractivity contribution >= 4 is 28.7 Å². The Kier molecular flexibility index (Phi) is 4.50. The molecule has 2 N–H and O–H groups in total. The molecule has 1 aromatic carbocycles. The van der Waals surface area contributed by atoms with Gasteiger partial charge in [-0.1, -0.05) is 12.1 Å². The zero-order valence-electron chi connectivity index (χ0n) is 14.8. The van der Waals surface area contributed by atoms with E-state index in [2.05, 4.69) is 25.6 Å². The molecule has 1 fully saturated rings. The minimum absolute atomic E-state index is 0.0783. The van der Waals surface area contributed by atoms with Crippen LogP contribution in [0.2, 0.25) is 0 Å². The monoisotopic (exact) mass is 361 g/mol. The van der Waals surface area contributed by atoms with Gasteiger partial charge >= 0.3 is 0 Å². The number of pyridine rings is 1. The highest BCUT2D eigenvalue weighted by Gasteiger charge is 2.29. The predicted molar refractivity (Wildman–Crippen MR) is 101 cm³/mol. The van der Waals surface area contributed by atoms with Crippen LogP contribution in [0.4, 0.5) is 5.69 Å². The van der Waals surface area contributed by atoms with Crippen molar-refractivity contribution in [2.24, 2.45) is 5.92 Å². The summed E-state index contributed by atoms with van der Waals surface area (Å²) >= 11 is 0. The van der Waals surface area contributed by atoms with E-state index in [0.29, 0.717) is 16.9 Å². The van der Waals surface area contributed by atoms with Crippen LogP contribution in [0.3, 0.4) is 0 Å². The fourth-order valence-electron chi connectivity index (χ4n) is 2.78. The zero-order valence-corrected chi connectivity index (χ0v) is 14.8. The normalized spacial score (nSPS) is 14.6. The van der Waals surface area contributed by atoms with Gasteiger partial charge in [0.15, 0.2) is 5.65 Å². The van der Waals surface area contributed by atoms with Crippen molar-refractivity contribution in [1.29, 1.82) is 0 Å². The van der Waals surface area contributed by atoms with Gasteiger partial charge in [0.05, 0.1) is 6.04 Å². The van der Waals surface area contributed by atoms with E-state index < -0.39 is 0 Å². The molecule has 0 saturated heterocycles. The van der Waals surface area contributed by atoms with E-state index in [1.165, 1.54) is 0 Å². The maximum absolute atomic E-state index is 12.5. The number of fused-ring (bicyclic) bond motifs is 1. The summed E-state index contributed by atoms with van der Waals surface area (Å²) in [6.07, 6.45) is 5.08. The summed E-state index contributed by atoms with van der Waals surface area (Å²) in [4.78, 5) is 36.8. The van der Waals surface area contributed by atoms with Gasteiger partial charge in [-0.25, -0.2) is 9.97 Å². The van der Waals surface area contributed by atoms with E-state index in [0.717, 1.165) is 24.1 Å². The number of rotatable bonds is 5. The van der Waals surface area contributed by atoms with Crippen molar-refractivity contribution in [3.8, 4) is 0 Å². The summed E-state index contributed by atoms with van der Waals surface area (Å²) in [7, 11) is 0. The molecule has 7 heteroatoms. The molecule has 2 aromatic heterocycles. The van der Waals surface area contributed by atoms with Crippen LogP contribution < -0.4 is 10.6 Å². The molecule has 1 atom stereocenters. The zero-order chi connectivity index (χ0) is 18.8. The topological polar surface area (TPSA) is 96.9 Å². The third-order valence-corrected chi connectivity index (χ3v) is 4.54. The van der Waals surface area contributed by atoms with Crippen LogP contribution in [0, 0.1) is 5.92 Å². The van der Waals surface area contributed by atoms with Crippen molar-refractivity contribution in [2.75, 3.05) is 5.32 Å². The number of nitrogens with zero attached hydrogens (tertiary/aromatic N) is 3. The Bertz CT molecular complexity index is 999. The maximum atomic E-state index is 12.5. The second kappa shape index (κ2) is 7.11. The highest BCUT2D eigenvalue weighted by Crippen LogP contribution is 2.30. The van der Waals surface area contributed by atoms with Crippen LogP contribution in [0.5, 0.6) is 0 Å². The summed E-state index contributed by atoms with van der Waals surface area (Å²) in [6, 6.07) is 10.6. The number of aromatic nitrogens is 3. The van der Waals surface area contributed by atoms with Crippen molar-refractivity contribution < 1.29 is 9.59 Å². The lowest BCUT2D eigenvalue weighted by Gasteiger charge is -2.15. The lowest BCUT2D eigenvalue weighted by Crippen LogP contribution is -2.27. The van der Waals surface area contributed by atoms with Crippen molar-refractivity contribution in [2.45, 2.75) is 25.8 Å². The van der Waals surface area contributed by atoms with Crippen LogP contribution in [0.15, 0.2) is 48.8 Å². The molecule has 0 bridgehead atoms. The quantitative estimate of drug-likeness (QED) is 0.728.